The van der Waals surface area contributed by atoms with Gasteiger partial charge in [0.2, 0.25) is 5.91 Å². The highest BCUT2D eigenvalue weighted by molar-refractivity contribution is 5.77. The second-order valence-electron chi connectivity index (χ2n) is 5.20. The van der Waals surface area contributed by atoms with Gasteiger partial charge >= 0.3 is 0 Å². The Morgan fingerprint density at radius 3 is 3.15 bits per heavy atom. The highest BCUT2D eigenvalue weighted by Gasteiger charge is 2.19. The van der Waals surface area contributed by atoms with E-state index in [0.29, 0.717) is 19.0 Å². The van der Waals surface area contributed by atoms with Gasteiger partial charge in [-0.25, -0.2) is 0 Å². The van der Waals surface area contributed by atoms with Crippen LogP contribution < -0.4 is 5.32 Å². The van der Waals surface area contributed by atoms with Crippen molar-refractivity contribution in [2.75, 3.05) is 32.8 Å². The van der Waals surface area contributed by atoms with Crippen LogP contribution in [-0.4, -0.2) is 48.6 Å². The Morgan fingerprint density at radius 2 is 2.50 bits per heavy atom. The summed E-state index contributed by atoms with van der Waals surface area (Å²) < 4.78 is 5.38. The molecular formula is C15H23N3O2. The number of carbonyl (C=O) groups is 1. The molecule has 0 unspecified atom stereocenters. The van der Waals surface area contributed by atoms with E-state index in [1.807, 2.05) is 12.1 Å². The highest BCUT2D eigenvalue weighted by Crippen LogP contribution is 2.13. The van der Waals surface area contributed by atoms with Gasteiger partial charge in [0.05, 0.1) is 13.2 Å². The van der Waals surface area contributed by atoms with E-state index in [2.05, 4.69) is 22.1 Å². The second kappa shape index (κ2) is 7.97. The van der Waals surface area contributed by atoms with Crippen LogP contribution in [0.1, 0.15) is 18.9 Å². The molecule has 0 bridgehead atoms. The Hall–Kier alpha value is -1.46. The van der Waals surface area contributed by atoms with Crippen molar-refractivity contribution in [2.45, 2.75) is 19.9 Å². The van der Waals surface area contributed by atoms with Crippen molar-refractivity contribution in [3.8, 4) is 0 Å². The molecule has 0 spiro atoms. The number of nitrogens with one attached hydrogen (secondary N) is 1. The van der Waals surface area contributed by atoms with E-state index in [4.69, 9.17) is 4.74 Å². The zero-order valence-corrected chi connectivity index (χ0v) is 12.0. The first-order valence-corrected chi connectivity index (χ1v) is 7.23. The number of rotatable bonds is 7. The van der Waals surface area contributed by atoms with E-state index in [1.165, 1.54) is 0 Å². The van der Waals surface area contributed by atoms with Crippen LogP contribution >= 0.6 is 0 Å². The summed E-state index contributed by atoms with van der Waals surface area (Å²) in [4.78, 5) is 18.2. The normalized spacial score (nSPS) is 18.4. The summed E-state index contributed by atoms with van der Waals surface area (Å²) in [5.74, 6) is 0.635. The highest BCUT2D eigenvalue weighted by atomic mass is 16.5. The standard InChI is InChI=1S/C15H23N3O2/c1-2-18(10-14-5-7-20-12-14)11-15(19)17-9-13-4-3-6-16-8-13/h3-4,6,8,14H,2,5,7,9-12H2,1H3,(H,17,19)/t14-/m1/s1. The van der Waals surface area contributed by atoms with Crippen molar-refractivity contribution in [3.05, 3.63) is 30.1 Å². The minimum absolute atomic E-state index is 0.0645. The van der Waals surface area contributed by atoms with Gasteiger partial charge in [-0.3, -0.25) is 14.7 Å². The molecule has 1 saturated heterocycles. The van der Waals surface area contributed by atoms with Gasteiger partial charge in [-0.15, -0.1) is 0 Å². The van der Waals surface area contributed by atoms with Crippen molar-refractivity contribution in [1.82, 2.24) is 15.2 Å². The molecule has 110 valence electrons. The third-order valence-electron chi connectivity index (χ3n) is 3.57. The lowest BCUT2D eigenvalue weighted by Gasteiger charge is -2.22. The fourth-order valence-electron chi connectivity index (χ4n) is 2.36. The van der Waals surface area contributed by atoms with Gasteiger partial charge in [-0.05, 0) is 30.5 Å². The molecule has 0 aliphatic carbocycles. The molecule has 0 aromatic carbocycles. The lowest BCUT2D eigenvalue weighted by molar-refractivity contribution is -0.122. The molecule has 1 atom stereocenters. The number of hydrogen-bond donors (Lipinski definition) is 1. The Balaban J connectivity index is 1.71. The first-order chi connectivity index (χ1) is 9.78. The van der Waals surface area contributed by atoms with Crippen LogP contribution in [0.5, 0.6) is 0 Å². The minimum Gasteiger partial charge on any atom is -0.381 e. The summed E-state index contributed by atoms with van der Waals surface area (Å²) in [7, 11) is 0. The summed E-state index contributed by atoms with van der Waals surface area (Å²) in [6.45, 7) is 6.59. The maximum Gasteiger partial charge on any atom is 0.234 e. The summed E-state index contributed by atoms with van der Waals surface area (Å²) in [5.41, 5.74) is 1.02. The van der Waals surface area contributed by atoms with Crippen molar-refractivity contribution in [3.63, 3.8) is 0 Å². The maximum atomic E-state index is 12.0. The Kier molecular flexibility index (Phi) is 5.95. The Morgan fingerprint density at radius 1 is 1.60 bits per heavy atom. The number of aromatic nitrogens is 1. The van der Waals surface area contributed by atoms with Crippen molar-refractivity contribution in [2.24, 2.45) is 5.92 Å². The zero-order chi connectivity index (χ0) is 14.2. The number of hydrogen-bond acceptors (Lipinski definition) is 4. The lowest BCUT2D eigenvalue weighted by atomic mass is 10.1. The Bertz CT molecular complexity index is 405. The molecule has 1 N–H and O–H groups in total. The molecule has 1 aliphatic rings. The molecule has 2 heterocycles. The minimum atomic E-state index is 0.0645. The van der Waals surface area contributed by atoms with Crippen LogP contribution in [0, 0.1) is 5.92 Å². The molecule has 1 fully saturated rings. The van der Waals surface area contributed by atoms with Gasteiger partial charge in [0.25, 0.3) is 0 Å². The topological polar surface area (TPSA) is 54.5 Å². The summed E-state index contributed by atoms with van der Waals surface area (Å²) >= 11 is 0. The number of pyridine rings is 1. The third-order valence-corrected chi connectivity index (χ3v) is 3.57. The van der Waals surface area contributed by atoms with Crippen LogP contribution in [0.15, 0.2) is 24.5 Å². The molecule has 20 heavy (non-hydrogen) atoms. The number of amides is 1. The van der Waals surface area contributed by atoms with Gasteiger partial charge in [-0.1, -0.05) is 13.0 Å². The van der Waals surface area contributed by atoms with Gasteiger partial charge in [-0.2, -0.15) is 0 Å². The van der Waals surface area contributed by atoms with Crippen LogP contribution in [0.2, 0.25) is 0 Å². The second-order valence-corrected chi connectivity index (χ2v) is 5.20. The van der Waals surface area contributed by atoms with Gasteiger partial charge in [0, 0.05) is 32.1 Å². The van der Waals surface area contributed by atoms with Crippen LogP contribution in [0.4, 0.5) is 0 Å². The SMILES string of the molecule is CCN(CC(=O)NCc1cccnc1)C[C@H]1CCOC1. The van der Waals surface area contributed by atoms with E-state index in [0.717, 1.165) is 38.3 Å². The van der Waals surface area contributed by atoms with Gasteiger partial charge in [0.15, 0.2) is 0 Å². The van der Waals surface area contributed by atoms with Crippen LogP contribution in [0.25, 0.3) is 0 Å². The maximum absolute atomic E-state index is 12.0. The van der Waals surface area contributed by atoms with E-state index < -0.39 is 0 Å². The lowest BCUT2D eigenvalue weighted by Crippen LogP contribution is -2.39. The molecule has 1 aromatic heterocycles. The molecule has 5 nitrogen and oxygen atoms in total. The van der Waals surface area contributed by atoms with Crippen molar-refractivity contribution in [1.29, 1.82) is 0 Å². The first kappa shape index (κ1) is 14.9. The zero-order valence-electron chi connectivity index (χ0n) is 12.0. The smallest absolute Gasteiger partial charge is 0.234 e. The molecule has 0 saturated carbocycles. The quantitative estimate of drug-likeness (QED) is 0.809. The molecule has 1 amide bonds. The summed E-state index contributed by atoms with van der Waals surface area (Å²) in [5, 5.41) is 2.94. The fourth-order valence-corrected chi connectivity index (χ4v) is 2.36. The van der Waals surface area contributed by atoms with E-state index in [1.54, 1.807) is 12.4 Å². The van der Waals surface area contributed by atoms with E-state index >= 15 is 0 Å². The molecular weight excluding hydrogens is 254 g/mol. The monoisotopic (exact) mass is 277 g/mol. The molecule has 2 rings (SSSR count). The fraction of sp³-hybridized carbons (Fsp3) is 0.600. The summed E-state index contributed by atoms with van der Waals surface area (Å²) in [6, 6.07) is 3.83. The van der Waals surface area contributed by atoms with Crippen LogP contribution in [-0.2, 0) is 16.1 Å². The average Bonchev–Trinajstić information content (AvgIpc) is 2.98. The Labute approximate surface area is 120 Å². The van der Waals surface area contributed by atoms with E-state index in [-0.39, 0.29) is 5.91 Å². The molecule has 1 aromatic rings. The molecule has 1 aliphatic heterocycles. The largest absolute Gasteiger partial charge is 0.381 e. The summed E-state index contributed by atoms with van der Waals surface area (Å²) in [6.07, 6.45) is 4.61. The number of ether oxygens (including phenoxy) is 1. The number of likely N-dealkylation sites (N-methyl/N-ethyl adjacent to an activating group) is 1. The number of carbonyl (C=O) groups excluding carboxylic acids is 1. The first-order valence-electron chi connectivity index (χ1n) is 7.23. The van der Waals surface area contributed by atoms with Gasteiger partial charge in [0.1, 0.15) is 0 Å². The predicted octanol–water partition coefficient (Wildman–Crippen LogP) is 1.06. The van der Waals surface area contributed by atoms with Crippen molar-refractivity contribution < 1.29 is 9.53 Å². The third kappa shape index (κ3) is 4.90. The van der Waals surface area contributed by atoms with Crippen LogP contribution in [0.3, 0.4) is 0 Å². The molecule has 0 radical (unpaired) electrons. The van der Waals surface area contributed by atoms with Crippen molar-refractivity contribution >= 4 is 5.91 Å². The van der Waals surface area contributed by atoms with E-state index in [9.17, 15) is 4.79 Å². The van der Waals surface area contributed by atoms with Gasteiger partial charge < -0.3 is 10.1 Å². The number of nitrogens with zero attached hydrogens (tertiary/aromatic N) is 2. The average molecular weight is 277 g/mol. The molecule has 5 heteroatoms. The predicted molar refractivity (Wildman–Crippen MR) is 77.1 cm³/mol.